The molecule has 116 valence electrons. The van der Waals surface area contributed by atoms with E-state index in [0.717, 1.165) is 19.2 Å². The highest BCUT2D eigenvalue weighted by atomic mass is 32.2. The standard InChI is InChI=1S/C12H18N4O4S/c1-15-4-6-16(7-5-15)14-21(19,20)11-8-9(13)2-3-10(11)12(17)18/h2-3,8,14H,4-7,13H2,1H3,(H,17,18). The molecule has 9 heteroatoms. The van der Waals surface area contributed by atoms with Crippen molar-refractivity contribution in [2.45, 2.75) is 4.90 Å². The number of rotatable bonds is 4. The van der Waals surface area contributed by atoms with E-state index in [4.69, 9.17) is 10.8 Å². The summed E-state index contributed by atoms with van der Waals surface area (Å²) in [6.45, 7) is 2.51. The van der Waals surface area contributed by atoms with Crippen molar-refractivity contribution in [3.63, 3.8) is 0 Å². The summed E-state index contributed by atoms with van der Waals surface area (Å²) in [6, 6.07) is 3.70. The maximum absolute atomic E-state index is 12.4. The number of carboxylic acids is 1. The lowest BCUT2D eigenvalue weighted by molar-refractivity contribution is 0.0692. The SMILES string of the molecule is CN1CCN(NS(=O)(=O)c2cc(N)ccc2C(=O)O)CC1. The van der Waals surface area contributed by atoms with Gasteiger partial charge in [0.1, 0.15) is 0 Å². The molecule has 0 aliphatic carbocycles. The highest BCUT2D eigenvalue weighted by Gasteiger charge is 2.26. The van der Waals surface area contributed by atoms with E-state index in [1.165, 1.54) is 12.1 Å². The Hall–Kier alpha value is -1.68. The quantitative estimate of drug-likeness (QED) is 0.636. The fraction of sp³-hybridized carbons (Fsp3) is 0.417. The molecule has 1 aromatic rings. The molecular weight excluding hydrogens is 296 g/mol. The van der Waals surface area contributed by atoms with Crippen LogP contribution in [0.15, 0.2) is 23.1 Å². The maximum atomic E-state index is 12.4. The van der Waals surface area contributed by atoms with Crippen molar-refractivity contribution in [1.29, 1.82) is 0 Å². The summed E-state index contributed by atoms with van der Waals surface area (Å²) < 4.78 is 24.7. The summed E-state index contributed by atoms with van der Waals surface area (Å²) in [5, 5.41) is 10.7. The number of likely N-dealkylation sites (N-methyl/N-ethyl adjacent to an activating group) is 1. The number of hydrogen-bond acceptors (Lipinski definition) is 6. The molecule has 0 amide bonds. The van der Waals surface area contributed by atoms with Gasteiger partial charge in [0.15, 0.2) is 0 Å². The average Bonchev–Trinajstić information content (AvgIpc) is 2.41. The number of carboxylic acid groups (broad SMARTS) is 1. The normalized spacial score (nSPS) is 17.8. The molecule has 1 aromatic carbocycles. The van der Waals surface area contributed by atoms with Crippen LogP contribution in [0, 0.1) is 0 Å². The molecule has 0 bridgehead atoms. The van der Waals surface area contributed by atoms with Gasteiger partial charge in [0.2, 0.25) is 0 Å². The largest absolute Gasteiger partial charge is 0.478 e. The Morgan fingerprint density at radius 2 is 1.90 bits per heavy atom. The molecule has 4 N–H and O–H groups in total. The Balaban J connectivity index is 2.27. The number of anilines is 1. The second-order valence-corrected chi connectivity index (χ2v) is 6.58. The van der Waals surface area contributed by atoms with Crippen LogP contribution in [-0.4, -0.2) is 62.6 Å². The fourth-order valence-corrected chi connectivity index (χ4v) is 3.41. The van der Waals surface area contributed by atoms with Crippen LogP contribution in [0.4, 0.5) is 5.69 Å². The number of nitrogen functional groups attached to an aromatic ring is 1. The zero-order valence-electron chi connectivity index (χ0n) is 11.6. The number of nitrogens with one attached hydrogen (secondary N) is 1. The van der Waals surface area contributed by atoms with Crippen molar-refractivity contribution in [3.05, 3.63) is 23.8 Å². The molecule has 2 rings (SSSR count). The third-order valence-corrected chi connectivity index (χ3v) is 4.69. The molecule has 21 heavy (non-hydrogen) atoms. The van der Waals surface area contributed by atoms with E-state index >= 15 is 0 Å². The predicted octanol–water partition coefficient (Wildman–Crippen LogP) is -0.592. The maximum Gasteiger partial charge on any atom is 0.337 e. The van der Waals surface area contributed by atoms with E-state index in [0.29, 0.717) is 13.1 Å². The number of nitrogens with zero attached hydrogens (tertiary/aromatic N) is 2. The fourth-order valence-electron chi connectivity index (χ4n) is 2.05. The smallest absolute Gasteiger partial charge is 0.337 e. The van der Waals surface area contributed by atoms with Gasteiger partial charge in [-0.3, -0.25) is 0 Å². The lowest BCUT2D eigenvalue weighted by atomic mass is 10.2. The van der Waals surface area contributed by atoms with Gasteiger partial charge in [-0.15, -0.1) is 4.83 Å². The van der Waals surface area contributed by atoms with Crippen molar-refractivity contribution in [1.82, 2.24) is 14.7 Å². The van der Waals surface area contributed by atoms with Gasteiger partial charge in [-0.25, -0.2) is 18.2 Å². The number of piperazine rings is 1. The summed E-state index contributed by atoms with van der Waals surface area (Å²) in [7, 11) is -2.03. The summed E-state index contributed by atoms with van der Waals surface area (Å²) in [5.74, 6) is -1.31. The molecule has 0 aromatic heterocycles. The van der Waals surface area contributed by atoms with Crippen LogP contribution in [0.25, 0.3) is 0 Å². The van der Waals surface area contributed by atoms with Gasteiger partial charge < -0.3 is 15.7 Å². The minimum absolute atomic E-state index is 0.193. The number of hydrogen-bond donors (Lipinski definition) is 3. The molecular formula is C12H18N4O4S. The topological polar surface area (TPSA) is 116 Å². The minimum Gasteiger partial charge on any atom is -0.478 e. The van der Waals surface area contributed by atoms with Gasteiger partial charge in [-0.05, 0) is 25.2 Å². The molecule has 0 atom stereocenters. The van der Waals surface area contributed by atoms with Gasteiger partial charge in [-0.1, -0.05) is 0 Å². The van der Waals surface area contributed by atoms with Crippen LogP contribution in [0.2, 0.25) is 0 Å². The van der Waals surface area contributed by atoms with E-state index in [2.05, 4.69) is 9.73 Å². The Labute approximate surface area is 123 Å². The highest BCUT2D eigenvalue weighted by Crippen LogP contribution is 2.19. The van der Waals surface area contributed by atoms with Crippen LogP contribution < -0.4 is 10.6 Å². The summed E-state index contributed by atoms with van der Waals surface area (Å²) >= 11 is 0. The first-order chi connectivity index (χ1) is 9.79. The van der Waals surface area contributed by atoms with Crippen molar-refractivity contribution in [2.24, 2.45) is 0 Å². The summed E-state index contributed by atoms with van der Waals surface area (Å²) in [4.78, 5) is 15.3. The van der Waals surface area contributed by atoms with Crippen molar-refractivity contribution >= 4 is 21.7 Å². The van der Waals surface area contributed by atoms with Gasteiger partial charge in [-0.2, -0.15) is 0 Å². The molecule has 0 spiro atoms. The predicted molar refractivity (Wildman–Crippen MR) is 77.2 cm³/mol. The van der Waals surface area contributed by atoms with Crippen LogP contribution >= 0.6 is 0 Å². The van der Waals surface area contributed by atoms with E-state index in [1.54, 1.807) is 5.01 Å². The summed E-state index contributed by atoms with van der Waals surface area (Å²) in [5.41, 5.74) is 5.46. The third-order valence-electron chi connectivity index (χ3n) is 3.28. The molecule has 1 saturated heterocycles. The lowest BCUT2D eigenvalue weighted by Crippen LogP contribution is -2.52. The van der Waals surface area contributed by atoms with Gasteiger partial charge >= 0.3 is 5.97 Å². The van der Waals surface area contributed by atoms with E-state index in [1.807, 2.05) is 7.05 Å². The molecule has 0 radical (unpaired) electrons. The van der Waals surface area contributed by atoms with Crippen LogP contribution in [-0.2, 0) is 10.0 Å². The first-order valence-electron chi connectivity index (χ1n) is 6.38. The van der Waals surface area contributed by atoms with Crippen molar-refractivity contribution in [2.75, 3.05) is 39.0 Å². The third kappa shape index (κ3) is 3.70. The average molecular weight is 314 g/mol. The monoisotopic (exact) mass is 314 g/mol. The molecule has 8 nitrogen and oxygen atoms in total. The Morgan fingerprint density at radius 1 is 1.29 bits per heavy atom. The van der Waals surface area contributed by atoms with Gasteiger partial charge in [0.05, 0.1) is 10.5 Å². The summed E-state index contributed by atoms with van der Waals surface area (Å²) in [6.07, 6.45) is 0. The molecule has 0 saturated carbocycles. The second-order valence-electron chi connectivity index (χ2n) is 4.95. The molecule has 1 fully saturated rings. The number of hydrazine groups is 1. The van der Waals surface area contributed by atoms with E-state index in [-0.39, 0.29) is 16.1 Å². The Morgan fingerprint density at radius 3 is 2.48 bits per heavy atom. The highest BCUT2D eigenvalue weighted by molar-refractivity contribution is 7.89. The number of benzene rings is 1. The van der Waals surface area contributed by atoms with Crippen molar-refractivity contribution in [3.8, 4) is 0 Å². The van der Waals surface area contributed by atoms with Crippen LogP contribution in [0.3, 0.4) is 0 Å². The van der Waals surface area contributed by atoms with E-state index in [9.17, 15) is 13.2 Å². The lowest BCUT2D eigenvalue weighted by Gasteiger charge is -2.32. The number of aromatic carboxylic acids is 1. The minimum atomic E-state index is -3.98. The first kappa shape index (κ1) is 15.7. The Kier molecular flexibility index (Phi) is 4.47. The molecule has 1 aliphatic heterocycles. The van der Waals surface area contributed by atoms with Crippen molar-refractivity contribution < 1.29 is 18.3 Å². The van der Waals surface area contributed by atoms with Gasteiger partial charge in [0, 0.05) is 31.9 Å². The van der Waals surface area contributed by atoms with E-state index < -0.39 is 16.0 Å². The zero-order valence-corrected chi connectivity index (χ0v) is 12.4. The van der Waals surface area contributed by atoms with Crippen LogP contribution in [0.1, 0.15) is 10.4 Å². The van der Waals surface area contributed by atoms with Crippen LogP contribution in [0.5, 0.6) is 0 Å². The molecule has 1 heterocycles. The number of nitrogens with two attached hydrogens (primary N) is 1. The zero-order chi connectivity index (χ0) is 15.6. The second kappa shape index (κ2) is 5.98. The molecule has 0 unspecified atom stereocenters. The number of sulfonamides is 1. The first-order valence-corrected chi connectivity index (χ1v) is 7.86. The Bertz CT molecular complexity index is 639. The van der Waals surface area contributed by atoms with Gasteiger partial charge in [0.25, 0.3) is 10.0 Å². The number of carbonyl (C=O) groups is 1. The molecule has 1 aliphatic rings.